The Morgan fingerprint density at radius 1 is 1.33 bits per heavy atom. The Balaban J connectivity index is 2.08. The summed E-state index contributed by atoms with van der Waals surface area (Å²) in [6.45, 7) is 0.550. The van der Waals surface area contributed by atoms with Gasteiger partial charge in [-0.2, -0.15) is 13.2 Å². The summed E-state index contributed by atoms with van der Waals surface area (Å²) in [6.07, 6.45) is -3.01. The van der Waals surface area contributed by atoms with Crippen LogP contribution in [0.1, 0.15) is 35.2 Å². The van der Waals surface area contributed by atoms with Crippen LogP contribution in [0.5, 0.6) is 0 Å². The van der Waals surface area contributed by atoms with Crippen molar-refractivity contribution in [2.75, 3.05) is 6.54 Å². The van der Waals surface area contributed by atoms with Gasteiger partial charge in [-0.3, -0.25) is 9.59 Å². The van der Waals surface area contributed by atoms with Gasteiger partial charge in [0.15, 0.2) is 0 Å². The predicted octanol–water partition coefficient (Wildman–Crippen LogP) is 2.10. The minimum Gasteiger partial charge on any atom is -0.356 e. The van der Waals surface area contributed by atoms with Gasteiger partial charge < -0.3 is 10.6 Å². The maximum Gasteiger partial charge on any atom is 0.416 e. The third-order valence-electron chi connectivity index (χ3n) is 3.27. The molecule has 0 aromatic heterocycles. The highest BCUT2D eigenvalue weighted by Gasteiger charge is 2.31. The van der Waals surface area contributed by atoms with Crippen molar-refractivity contribution in [2.24, 2.45) is 0 Å². The van der Waals surface area contributed by atoms with Gasteiger partial charge in [-0.05, 0) is 31.0 Å². The molecule has 1 heterocycles. The van der Waals surface area contributed by atoms with E-state index in [0.717, 1.165) is 18.6 Å². The summed E-state index contributed by atoms with van der Waals surface area (Å²) in [4.78, 5) is 23.4. The second-order valence-electron chi connectivity index (χ2n) is 4.95. The van der Waals surface area contributed by atoms with Crippen LogP contribution < -0.4 is 10.6 Å². The molecule has 1 atom stereocenters. The van der Waals surface area contributed by atoms with Gasteiger partial charge in [0.25, 0.3) is 5.91 Å². The number of carbonyl (C=O) groups is 2. The summed E-state index contributed by atoms with van der Waals surface area (Å²) >= 11 is 0. The van der Waals surface area contributed by atoms with Crippen LogP contribution in [-0.2, 0) is 11.0 Å². The highest BCUT2D eigenvalue weighted by molar-refractivity contribution is 5.95. The number of hydrogen-bond donors (Lipinski definition) is 2. The van der Waals surface area contributed by atoms with Gasteiger partial charge in [0, 0.05) is 24.6 Å². The number of alkyl halides is 3. The van der Waals surface area contributed by atoms with E-state index in [0.29, 0.717) is 13.0 Å². The third kappa shape index (κ3) is 4.21. The van der Waals surface area contributed by atoms with E-state index in [1.807, 2.05) is 0 Å². The zero-order chi connectivity index (χ0) is 15.5. The molecule has 0 radical (unpaired) electrons. The Bertz CT molecular complexity index is 543. The summed E-state index contributed by atoms with van der Waals surface area (Å²) in [5, 5.41) is 5.29. The summed E-state index contributed by atoms with van der Waals surface area (Å²) in [6, 6.07) is 3.88. The molecule has 1 aliphatic rings. The Morgan fingerprint density at radius 3 is 2.81 bits per heavy atom. The molecule has 21 heavy (non-hydrogen) atoms. The summed E-state index contributed by atoms with van der Waals surface area (Å²) in [5.41, 5.74) is -0.928. The molecule has 1 saturated heterocycles. The van der Waals surface area contributed by atoms with E-state index in [2.05, 4.69) is 10.6 Å². The molecule has 0 spiro atoms. The van der Waals surface area contributed by atoms with Crippen molar-refractivity contribution in [3.05, 3.63) is 35.4 Å². The lowest BCUT2D eigenvalue weighted by atomic mass is 10.1. The molecule has 1 aliphatic heterocycles. The molecule has 1 aromatic rings. The van der Waals surface area contributed by atoms with E-state index in [1.165, 1.54) is 12.1 Å². The molecular weight excluding hydrogens is 285 g/mol. The number of carbonyl (C=O) groups excluding carboxylic acids is 2. The number of halogens is 3. The van der Waals surface area contributed by atoms with Gasteiger partial charge >= 0.3 is 6.18 Å². The van der Waals surface area contributed by atoms with Crippen LogP contribution in [-0.4, -0.2) is 24.4 Å². The van der Waals surface area contributed by atoms with Crippen LogP contribution in [0, 0.1) is 0 Å². The first kappa shape index (κ1) is 15.3. The Labute approximate surface area is 119 Å². The second kappa shape index (κ2) is 6.15. The van der Waals surface area contributed by atoms with Crippen LogP contribution in [0.2, 0.25) is 0 Å². The predicted molar refractivity (Wildman–Crippen MR) is 69.6 cm³/mol. The molecule has 0 aliphatic carbocycles. The van der Waals surface area contributed by atoms with Crippen molar-refractivity contribution in [1.29, 1.82) is 0 Å². The molecule has 2 N–H and O–H groups in total. The lowest BCUT2D eigenvalue weighted by molar-refractivity contribution is -0.137. The number of rotatable bonds is 2. The third-order valence-corrected chi connectivity index (χ3v) is 3.27. The zero-order valence-electron chi connectivity index (χ0n) is 11.2. The van der Waals surface area contributed by atoms with Gasteiger partial charge in [0.05, 0.1) is 5.56 Å². The van der Waals surface area contributed by atoms with Crippen molar-refractivity contribution in [1.82, 2.24) is 10.6 Å². The highest BCUT2D eigenvalue weighted by Crippen LogP contribution is 2.29. The summed E-state index contributed by atoms with van der Waals surface area (Å²) < 4.78 is 37.8. The molecule has 0 bridgehead atoms. The fourth-order valence-electron chi connectivity index (χ4n) is 2.20. The van der Waals surface area contributed by atoms with Crippen molar-refractivity contribution in [3.63, 3.8) is 0 Å². The minimum absolute atomic E-state index is 0.0607. The van der Waals surface area contributed by atoms with E-state index in [1.54, 1.807) is 0 Å². The summed E-state index contributed by atoms with van der Waals surface area (Å²) in [7, 11) is 0. The molecule has 2 rings (SSSR count). The number of hydrogen-bond acceptors (Lipinski definition) is 2. The molecule has 0 unspecified atom stereocenters. The first-order valence-corrected chi connectivity index (χ1v) is 6.61. The fraction of sp³-hybridized carbons (Fsp3) is 0.429. The fourth-order valence-corrected chi connectivity index (χ4v) is 2.20. The second-order valence-corrected chi connectivity index (χ2v) is 4.95. The van der Waals surface area contributed by atoms with Crippen LogP contribution in [0.3, 0.4) is 0 Å². The first-order chi connectivity index (χ1) is 9.86. The first-order valence-electron chi connectivity index (χ1n) is 6.61. The van der Waals surface area contributed by atoms with E-state index in [9.17, 15) is 22.8 Å². The minimum atomic E-state index is -4.49. The molecular formula is C14H15F3N2O2. The van der Waals surface area contributed by atoms with Crippen LogP contribution in [0.15, 0.2) is 24.3 Å². The lowest BCUT2D eigenvalue weighted by Gasteiger charge is -2.15. The van der Waals surface area contributed by atoms with Crippen molar-refractivity contribution in [2.45, 2.75) is 31.5 Å². The highest BCUT2D eigenvalue weighted by atomic mass is 19.4. The average molecular weight is 300 g/mol. The number of amides is 2. The molecule has 1 fully saturated rings. The normalized spacial score (nSPS) is 19.6. The van der Waals surface area contributed by atoms with E-state index < -0.39 is 17.6 Å². The van der Waals surface area contributed by atoms with E-state index >= 15 is 0 Å². The van der Waals surface area contributed by atoms with Gasteiger partial charge in [-0.1, -0.05) is 6.07 Å². The Hall–Kier alpha value is -2.05. The molecule has 0 saturated carbocycles. The van der Waals surface area contributed by atoms with Crippen molar-refractivity contribution >= 4 is 11.8 Å². The molecule has 1 aromatic carbocycles. The Kier molecular flexibility index (Phi) is 4.50. The lowest BCUT2D eigenvalue weighted by Crippen LogP contribution is -2.37. The number of benzene rings is 1. The van der Waals surface area contributed by atoms with Crippen molar-refractivity contribution < 1.29 is 22.8 Å². The van der Waals surface area contributed by atoms with E-state index in [4.69, 9.17) is 0 Å². The maximum absolute atomic E-state index is 12.6. The van der Waals surface area contributed by atoms with Gasteiger partial charge in [0.2, 0.25) is 5.91 Å². The average Bonchev–Trinajstić information content (AvgIpc) is 2.62. The maximum atomic E-state index is 12.6. The van der Waals surface area contributed by atoms with Crippen LogP contribution >= 0.6 is 0 Å². The van der Waals surface area contributed by atoms with E-state index in [-0.39, 0.29) is 23.9 Å². The topological polar surface area (TPSA) is 58.2 Å². The standard InChI is InChI=1S/C14H15F3N2O2/c15-14(16,17)10-4-1-3-9(7-10)13(21)19-11-5-2-6-18-12(20)8-11/h1,3-4,7,11H,2,5-6,8H2,(H,18,20)(H,19,21)/t11-/m0/s1. The quantitative estimate of drug-likeness (QED) is 0.879. The molecule has 7 heteroatoms. The SMILES string of the molecule is O=C1C[C@@H](NC(=O)c2cccc(C(F)(F)F)c2)CCCN1. The smallest absolute Gasteiger partial charge is 0.356 e. The molecule has 4 nitrogen and oxygen atoms in total. The Morgan fingerprint density at radius 2 is 2.10 bits per heavy atom. The zero-order valence-corrected chi connectivity index (χ0v) is 11.2. The monoisotopic (exact) mass is 300 g/mol. The van der Waals surface area contributed by atoms with Gasteiger partial charge in [0.1, 0.15) is 0 Å². The largest absolute Gasteiger partial charge is 0.416 e. The molecule has 114 valence electrons. The van der Waals surface area contributed by atoms with Gasteiger partial charge in [-0.15, -0.1) is 0 Å². The summed E-state index contributed by atoms with van der Waals surface area (Å²) in [5.74, 6) is -0.761. The molecule has 2 amide bonds. The number of nitrogens with one attached hydrogen (secondary N) is 2. The van der Waals surface area contributed by atoms with Crippen molar-refractivity contribution in [3.8, 4) is 0 Å². The van der Waals surface area contributed by atoms with Gasteiger partial charge in [-0.25, -0.2) is 0 Å². The van der Waals surface area contributed by atoms with Crippen LogP contribution in [0.25, 0.3) is 0 Å². The van der Waals surface area contributed by atoms with Crippen LogP contribution in [0.4, 0.5) is 13.2 Å².